The van der Waals surface area contributed by atoms with E-state index < -0.39 is 5.92 Å². The Bertz CT molecular complexity index is 865. The first-order chi connectivity index (χ1) is 12.6. The van der Waals surface area contributed by atoms with Gasteiger partial charge in [0.1, 0.15) is 5.82 Å². The number of hydrogen-bond donors (Lipinski definition) is 1. The number of carbonyl (C=O) groups excluding carboxylic acids is 2. The van der Waals surface area contributed by atoms with E-state index in [1.54, 1.807) is 23.1 Å². The molecule has 2 aromatic rings. The largest absolute Gasteiger partial charge is 0.352 e. The Kier molecular flexibility index (Phi) is 4.45. The number of rotatable bonds is 4. The van der Waals surface area contributed by atoms with Crippen molar-refractivity contribution in [2.45, 2.75) is 32.2 Å². The molecule has 26 heavy (non-hydrogen) atoms. The molecule has 2 aliphatic rings. The number of hydrogen-bond acceptors (Lipinski definition) is 2. The predicted molar refractivity (Wildman–Crippen MR) is 97.2 cm³/mol. The fourth-order valence-electron chi connectivity index (χ4n) is 3.83. The Morgan fingerprint density at radius 2 is 1.96 bits per heavy atom. The van der Waals surface area contributed by atoms with Crippen LogP contribution < -0.4 is 10.2 Å². The summed E-state index contributed by atoms with van der Waals surface area (Å²) in [5, 5.41) is 2.76. The Morgan fingerprint density at radius 3 is 2.81 bits per heavy atom. The lowest BCUT2D eigenvalue weighted by Gasteiger charge is -2.18. The van der Waals surface area contributed by atoms with Crippen molar-refractivity contribution in [2.75, 3.05) is 11.4 Å². The maximum absolute atomic E-state index is 13.7. The van der Waals surface area contributed by atoms with E-state index in [0.717, 1.165) is 24.9 Å². The summed E-state index contributed by atoms with van der Waals surface area (Å²) < 4.78 is 13.7. The van der Waals surface area contributed by atoms with Gasteiger partial charge in [-0.25, -0.2) is 4.39 Å². The van der Waals surface area contributed by atoms with Gasteiger partial charge in [-0.3, -0.25) is 9.59 Å². The van der Waals surface area contributed by atoms with Gasteiger partial charge in [-0.1, -0.05) is 24.3 Å². The Balaban J connectivity index is 1.41. The Labute approximate surface area is 152 Å². The van der Waals surface area contributed by atoms with Crippen molar-refractivity contribution in [1.29, 1.82) is 0 Å². The van der Waals surface area contributed by atoms with Gasteiger partial charge in [-0.15, -0.1) is 0 Å². The molecule has 0 bridgehead atoms. The quantitative estimate of drug-likeness (QED) is 0.920. The summed E-state index contributed by atoms with van der Waals surface area (Å²) in [4.78, 5) is 26.5. The van der Waals surface area contributed by atoms with Crippen LogP contribution in [0.2, 0.25) is 0 Å². The van der Waals surface area contributed by atoms with Crippen molar-refractivity contribution in [2.24, 2.45) is 5.92 Å². The summed E-state index contributed by atoms with van der Waals surface area (Å²) >= 11 is 0. The van der Waals surface area contributed by atoms with Crippen molar-refractivity contribution >= 4 is 17.5 Å². The molecular formula is C21H21FN2O2. The van der Waals surface area contributed by atoms with Crippen LogP contribution in [0.5, 0.6) is 0 Å². The number of nitrogens with one attached hydrogen (secondary N) is 1. The van der Waals surface area contributed by atoms with Crippen LogP contribution >= 0.6 is 0 Å². The SMILES string of the molecule is O=C(NCc1ccccc1F)C1CC(=O)N(c2ccc3c(c2)CCC3)C1. The summed E-state index contributed by atoms with van der Waals surface area (Å²) in [6.07, 6.45) is 3.51. The number of anilines is 1. The first kappa shape index (κ1) is 16.8. The van der Waals surface area contributed by atoms with Crippen molar-refractivity contribution in [1.82, 2.24) is 5.32 Å². The number of aryl methyl sites for hydroxylation is 2. The van der Waals surface area contributed by atoms with Gasteiger partial charge in [-0.2, -0.15) is 0 Å². The maximum Gasteiger partial charge on any atom is 0.227 e. The molecule has 2 aromatic carbocycles. The third kappa shape index (κ3) is 3.21. The van der Waals surface area contributed by atoms with Crippen molar-refractivity contribution < 1.29 is 14.0 Å². The molecule has 1 saturated heterocycles. The van der Waals surface area contributed by atoms with Crippen LogP contribution in [-0.2, 0) is 29.0 Å². The third-order valence-corrected chi connectivity index (χ3v) is 5.30. The first-order valence-corrected chi connectivity index (χ1v) is 9.05. The lowest BCUT2D eigenvalue weighted by molar-refractivity contribution is -0.126. The molecule has 134 valence electrons. The summed E-state index contributed by atoms with van der Waals surface area (Å²) in [6, 6.07) is 12.5. The molecule has 1 unspecified atom stereocenters. The van der Waals surface area contributed by atoms with E-state index in [-0.39, 0.29) is 30.6 Å². The highest BCUT2D eigenvalue weighted by atomic mass is 19.1. The summed E-state index contributed by atoms with van der Waals surface area (Å²) in [5.41, 5.74) is 3.99. The molecule has 0 aromatic heterocycles. The predicted octanol–water partition coefficient (Wildman–Crippen LogP) is 2.98. The zero-order chi connectivity index (χ0) is 18.1. The molecule has 1 heterocycles. The van der Waals surface area contributed by atoms with Gasteiger partial charge in [-0.05, 0) is 48.6 Å². The van der Waals surface area contributed by atoms with Crippen LogP contribution in [0.25, 0.3) is 0 Å². The number of benzene rings is 2. The highest BCUT2D eigenvalue weighted by Crippen LogP contribution is 2.30. The molecule has 4 nitrogen and oxygen atoms in total. The molecule has 5 heteroatoms. The number of amides is 2. The van der Waals surface area contributed by atoms with Crippen LogP contribution in [0.15, 0.2) is 42.5 Å². The van der Waals surface area contributed by atoms with Gasteiger partial charge in [0, 0.05) is 30.8 Å². The van der Waals surface area contributed by atoms with Crippen LogP contribution in [0.3, 0.4) is 0 Å². The number of nitrogens with zero attached hydrogens (tertiary/aromatic N) is 1. The second-order valence-electron chi connectivity index (χ2n) is 7.02. The maximum atomic E-state index is 13.7. The molecule has 0 spiro atoms. The van der Waals surface area contributed by atoms with Crippen molar-refractivity contribution in [3.05, 3.63) is 65.0 Å². The van der Waals surface area contributed by atoms with E-state index in [9.17, 15) is 14.0 Å². The Morgan fingerprint density at radius 1 is 1.15 bits per heavy atom. The number of halogens is 1. The second kappa shape index (κ2) is 6.90. The molecule has 1 atom stereocenters. The Hall–Kier alpha value is -2.69. The normalized spacial score (nSPS) is 18.9. The number of carbonyl (C=O) groups is 2. The average Bonchev–Trinajstić information content (AvgIpc) is 3.26. The second-order valence-corrected chi connectivity index (χ2v) is 7.02. The lowest BCUT2D eigenvalue weighted by Crippen LogP contribution is -2.32. The number of fused-ring (bicyclic) bond motifs is 1. The topological polar surface area (TPSA) is 49.4 Å². The third-order valence-electron chi connectivity index (χ3n) is 5.30. The van der Waals surface area contributed by atoms with Crippen molar-refractivity contribution in [3.8, 4) is 0 Å². The summed E-state index contributed by atoms with van der Waals surface area (Å²) in [6.45, 7) is 0.510. The van der Waals surface area contributed by atoms with Gasteiger partial charge in [0.05, 0.1) is 5.92 Å². The standard InChI is InChI=1S/C21H21FN2O2/c22-19-7-2-1-4-16(19)12-23-21(26)17-11-20(25)24(13-17)18-9-8-14-5-3-6-15(14)10-18/h1-2,4,7-10,17H,3,5-6,11-13H2,(H,23,26). The molecule has 1 aliphatic heterocycles. The van der Waals surface area contributed by atoms with E-state index in [4.69, 9.17) is 0 Å². The minimum atomic E-state index is -0.400. The monoisotopic (exact) mass is 352 g/mol. The highest BCUT2D eigenvalue weighted by molar-refractivity contribution is 6.00. The smallest absolute Gasteiger partial charge is 0.227 e. The molecule has 1 N–H and O–H groups in total. The van der Waals surface area contributed by atoms with Crippen LogP contribution in [0.1, 0.15) is 29.5 Å². The fraction of sp³-hybridized carbons (Fsp3) is 0.333. The van der Waals surface area contributed by atoms with E-state index in [1.165, 1.54) is 17.2 Å². The zero-order valence-electron chi connectivity index (χ0n) is 14.5. The average molecular weight is 352 g/mol. The molecule has 2 amide bonds. The van der Waals surface area contributed by atoms with Crippen molar-refractivity contribution in [3.63, 3.8) is 0 Å². The van der Waals surface area contributed by atoms with E-state index >= 15 is 0 Å². The lowest BCUT2D eigenvalue weighted by atomic mass is 10.1. The van der Waals surface area contributed by atoms with Gasteiger partial charge in [0.15, 0.2) is 0 Å². The van der Waals surface area contributed by atoms with Gasteiger partial charge in [0.2, 0.25) is 11.8 Å². The highest BCUT2D eigenvalue weighted by Gasteiger charge is 2.35. The summed E-state index contributed by atoms with van der Waals surface area (Å²) in [7, 11) is 0. The molecule has 4 rings (SSSR count). The van der Waals surface area contributed by atoms with Crippen LogP contribution in [0.4, 0.5) is 10.1 Å². The molecule has 0 radical (unpaired) electrons. The van der Waals surface area contributed by atoms with Gasteiger partial charge >= 0.3 is 0 Å². The van der Waals surface area contributed by atoms with E-state index in [2.05, 4.69) is 17.4 Å². The minimum absolute atomic E-state index is 0.0333. The first-order valence-electron chi connectivity index (χ1n) is 9.05. The molecule has 1 aliphatic carbocycles. The minimum Gasteiger partial charge on any atom is -0.352 e. The van der Waals surface area contributed by atoms with Gasteiger partial charge < -0.3 is 10.2 Å². The summed E-state index contributed by atoms with van der Waals surface area (Å²) in [5.74, 6) is -0.975. The van der Waals surface area contributed by atoms with E-state index in [1.807, 2.05) is 6.07 Å². The van der Waals surface area contributed by atoms with Crippen LogP contribution in [-0.4, -0.2) is 18.4 Å². The zero-order valence-corrected chi connectivity index (χ0v) is 14.5. The fourth-order valence-corrected chi connectivity index (χ4v) is 3.83. The van der Waals surface area contributed by atoms with Crippen LogP contribution in [0, 0.1) is 11.7 Å². The molecule has 1 fully saturated rings. The van der Waals surface area contributed by atoms with Gasteiger partial charge in [0.25, 0.3) is 0 Å². The molecule has 0 saturated carbocycles. The molecular weight excluding hydrogens is 331 g/mol. The van der Waals surface area contributed by atoms with E-state index in [0.29, 0.717) is 12.1 Å².